The van der Waals surface area contributed by atoms with Crippen molar-refractivity contribution in [2.45, 2.75) is 18.9 Å². The zero-order valence-corrected chi connectivity index (χ0v) is 16.5. The Balaban J connectivity index is 1.43. The van der Waals surface area contributed by atoms with Gasteiger partial charge in [-0.15, -0.1) is 11.3 Å². The van der Waals surface area contributed by atoms with Gasteiger partial charge < -0.3 is 9.47 Å². The van der Waals surface area contributed by atoms with E-state index in [1.54, 1.807) is 17.4 Å². The van der Waals surface area contributed by atoms with E-state index in [0.717, 1.165) is 40.5 Å². The Kier molecular flexibility index (Phi) is 3.98. The van der Waals surface area contributed by atoms with Crippen molar-refractivity contribution in [3.63, 3.8) is 0 Å². The van der Waals surface area contributed by atoms with Crippen molar-refractivity contribution in [2.75, 3.05) is 18.0 Å². The van der Waals surface area contributed by atoms with Gasteiger partial charge in [-0.3, -0.25) is 4.79 Å². The molecule has 6 heteroatoms. The molecule has 2 atom stereocenters. The minimum absolute atomic E-state index is 0.137. The Morgan fingerprint density at radius 1 is 1.08 bits per heavy atom. The van der Waals surface area contributed by atoms with E-state index in [9.17, 15) is 4.79 Å². The maximum Gasteiger partial charge on any atom is 0.250 e. The van der Waals surface area contributed by atoms with Crippen LogP contribution in [-0.4, -0.2) is 22.6 Å². The van der Waals surface area contributed by atoms with Crippen LogP contribution in [0.2, 0.25) is 0 Å². The summed E-state index contributed by atoms with van der Waals surface area (Å²) in [5.74, 6) is 0.929. The SMILES string of the molecule is O=c1cccc2n1C[C@H]1C[C@@H]2CN(c2nc(-c3ccc(Br)cc3)cs2)C1. The van der Waals surface area contributed by atoms with Crippen molar-refractivity contribution >= 4 is 32.4 Å². The van der Waals surface area contributed by atoms with Crippen LogP contribution in [0.4, 0.5) is 5.13 Å². The Bertz CT molecular complexity index is 1010. The van der Waals surface area contributed by atoms with E-state index in [1.807, 2.05) is 22.8 Å². The average molecular weight is 428 g/mol. The van der Waals surface area contributed by atoms with Crippen molar-refractivity contribution in [3.8, 4) is 11.3 Å². The van der Waals surface area contributed by atoms with Crippen LogP contribution in [-0.2, 0) is 6.54 Å². The topological polar surface area (TPSA) is 38.1 Å². The summed E-state index contributed by atoms with van der Waals surface area (Å²) in [5, 5.41) is 3.23. The number of thiazole rings is 1. The molecule has 1 aromatic carbocycles. The lowest BCUT2D eigenvalue weighted by atomic mass is 9.83. The second-order valence-electron chi connectivity index (χ2n) is 7.13. The second-order valence-corrected chi connectivity index (χ2v) is 8.88. The predicted octanol–water partition coefficient (Wildman–Crippen LogP) is 4.36. The standard InChI is InChI=1S/C20H18BrN3OS/c21-16-6-4-14(5-7-16)17-12-26-20(22-17)23-9-13-8-15(11-23)18-2-1-3-19(25)24(18)10-13/h1-7,12-13,15H,8-11H2/t13-,15+/m0/s1. The quantitative estimate of drug-likeness (QED) is 0.609. The third-order valence-electron chi connectivity index (χ3n) is 5.38. The van der Waals surface area contributed by atoms with Crippen LogP contribution >= 0.6 is 27.3 Å². The van der Waals surface area contributed by atoms with E-state index in [4.69, 9.17) is 4.98 Å². The fourth-order valence-corrected chi connectivity index (χ4v) is 5.33. The Hall–Kier alpha value is -1.92. The van der Waals surface area contributed by atoms with Crippen LogP contribution in [0.3, 0.4) is 0 Å². The number of hydrogen-bond donors (Lipinski definition) is 0. The van der Waals surface area contributed by atoms with E-state index in [0.29, 0.717) is 11.8 Å². The van der Waals surface area contributed by atoms with Gasteiger partial charge in [-0.2, -0.15) is 0 Å². The monoisotopic (exact) mass is 427 g/mol. The molecule has 1 fully saturated rings. The molecule has 4 nitrogen and oxygen atoms in total. The fourth-order valence-electron chi connectivity index (χ4n) is 4.22. The van der Waals surface area contributed by atoms with Crippen molar-refractivity contribution in [1.82, 2.24) is 9.55 Å². The zero-order valence-electron chi connectivity index (χ0n) is 14.1. The highest BCUT2D eigenvalue weighted by molar-refractivity contribution is 9.10. The molecule has 2 aliphatic heterocycles. The van der Waals surface area contributed by atoms with Crippen LogP contribution in [0.15, 0.2) is 57.1 Å². The molecule has 0 aliphatic carbocycles. The van der Waals surface area contributed by atoms with E-state index in [-0.39, 0.29) is 5.56 Å². The van der Waals surface area contributed by atoms with Gasteiger partial charge in [-0.1, -0.05) is 34.1 Å². The molecule has 4 heterocycles. The van der Waals surface area contributed by atoms with Crippen molar-refractivity contribution in [3.05, 3.63) is 68.4 Å². The number of benzene rings is 1. The molecular weight excluding hydrogens is 410 g/mol. The normalized spacial score (nSPS) is 21.5. The maximum absolute atomic E-state index is 12.2. The summed E-state index contributed by atoms with van der Waals surface area (Å²) in [5.41, 5.74) is 3.50. The van der Waals surface area contributed by atoms with Crippen molar-refractivity contribution in [2.24, 2.45) is 5.92 Å². The van der Waals surface area contributed by atoms with Crippen LogP contribution in [0.5, 0.6) is 0 Å². The van der Waals surface area contributed by atoms with Crippen LogP contribution < -0.4 is 10.5 Å². The smallest absolute Gasteiger partial charge is 0.250 e. The maximum atomic E-state index is 12.2. The van der Waals surface area contributed by atoms with E-state index < -0.39 is 0 Å². The van der Waals surface area contributed by atoms with Crippen molar-refractivity contribution in [1.29, 1.82) is 0 Å². The number of rotatable bonds is 2. The van der Waals surface area contributed by atoms with Gasteiger partial charge in [0.2, 0.25) is 0 Å². The number of piperidine rings is 1. The molecule has 0 spiro atoms. The molecule has 26 heavy (non-hydrogen) atoms. The molecule has 0 unspecified atom stereocenters. The van der Waals surface area contributed by atoms with Gasteiger partial charge in [-0.25, -0.2) is 4.98 Å². The zero-order chi connectivity index (χ0) is 17.7. The number of nitrogens with zero attached hydrogens (tertiary/aromatic N) is 3. The third kappa shape index (κ3) is 2.81. The Morgan fingerprint density at radius 2 is 1.92 bits per heavy atom. The number of fused-ring (bicyclic) bond motifs is 4. The van der Waals surface area contributed by atoms with Gasteiger partial charge in [0, 0.05) is 52.7 Å². The van der Waals surface area contributed by atoms with Gasteiger partial charge in [-0.05, 0) is 30.5 Å². The molecule has 0 N–H and O–H groups in total. The van der Waals surface area contributed by atoms with Gasteiger partial charge in [0.05, 0.1) is 5.69 Å². The largest absolute Gasteiger partial charge is 0.347 e. The average Bonchev–Trinajstić information content (AvgIpc) is 3.13. The number of anilines is 1. The molecule has 2 bridgehead atoms. The first-order chi connectivity index (χ1) is 12.7. The highest BCUT2D eigenvalue weighted by atomic mass is 79.9. The Labute approximate surface area is 164 Å². The van der Waals surface area contributed by atoms with Crippen molar-refractivity contribution < 1.29 is 0 Å². The summed E-state index contributed by atoms with van der Waals surface area (Å²) in [6, 6.07) is 14.0. The predicted molar refractivity (Wildman–Crippen MR) is 109 cm³/mol. The molecule has 2 aliphatic rings. The molecule has 1 saturated heterocycles. The first kappa shape index (κ1) is 16.3. The lowest BCUT2D eigenvalue weighted by Crippen LogP contribution is -2.47. The first-order valence-electron chi connectivity index (χ1n) is 8.83. The number of pyridine rings is 1. The lowest BCUT2D eigenvalue weighted by molar-refractivity contribution is 0.281. The van der Waals surface area contributed by atoms with Gasteiger partial charge >= 0.3 is 0 Å². The summed E-state index contributed by atoms with van der Waals surface area (Å²) in [7, 11) is 0. The van der Waals surface area contributed by atoms with E-state index in [1.165, 1.54) is 12.1 Å². The second kappa shape index (κ2) is 6.35. The van der Waals surface area contributed by atoms with Gasteiger partial charge in [0.15, 0.2) is 5.13 Å². The third-order valence-corrected chi connectivity index (χ3v) is 6.81. The fraction of sp³-hybridized carbons (Fsp3) is 0.300. The molecule has 5 rings (SSSR count). The summed E-state index contributed by atoms with van der Waals surface area (Å²) >= 11 is 5.19. The number of hydrogen-bond acceptors (Lipinski definition) is 4. The highest BCUT2D eigenvalue weighted by Gasteiger charge is 2.35. The Morgan fingerprint density at radius 3 is 2.77 bits per heavy atom. The number of halogens is 1. The summed E-state index contributed by atoms with van der Waals surface area (Å²) in [4.78, 5) is 19.5. The van der Waals surface area contributed by atoms with Crippen LogP contribution in [0.25, 0.3) is 11.3 Å². The summed E-state index contributed by atoms with van der Waals surface area (Å²) in [6.45, 7) is 2.74. The van der Waals surface area contributed by atoms with E-state index in [2.05, 4.69) is 44.4 Å². The molecular formula is C20H18BrN3OS. The molecule has 0 radical (unpaired) electrons. The van der Waals surface area contributed by atoms with Gasteiger partial charge in [0.1, 0.15) is 0 Å². The van der Waals surface area contributed by atoms with E-state index >= 15 is 0 Å². The lowest BCUT2D eigenvalue weighted by Gasteiger charge is -2.42. The summed E-state index contributed by atoms with van der Waals surface area (Å²) in [6.07, 6.45) is 1.17. The first-order valence-corrected chi connectivity index (χ1v) is 10.5. The number of aromatic nitrogens is 2. The van der Waals surface area contributed by atoms with Gasteiger partial charge in [0.25, 0.3) is 5.56 Å². The minimum Gasteiger partial charge on any atom is -0.347 e. The van der Waals surface area contributed by atoms with Crippen LogP contribution in [0.1, 0.15) is 18.0 Å². The molecule has 3 aromatic rings. The molecule has 2 aromatic heterocycles. The molecule has 132 valence electrons. The molecule has 0 amide bonds. The van der Waals surface area contributed by atoms with Crippen LogP contribution in [0, 0.1) is 5.92 Å². The summed E-state index contributed by atoms with van der Waals surface area (Å²) < 4.78 is 3.06. The molecule has 0 saturated carbocycles. The highest BCUT2D eigenvalue weighted by Crippen LogP contribution is 2.38. The minimum atomic E-state index is 0.137.